The number of ether oxygens (including phenoxy) is 3. The van der Waals surface area contributed by atoms with Crippen molar-refractivity contribution in [1.29, 1.82) is 0 Å². The lowest BCUT2D eigenvalue weighted by Crippen LogP contribution is -2.31. The van der Waals surface area contributed by atoms with E-state index in [0.29, 0.717) is 17.7 Å². The third kappa shape index (κ3) is 5.34. The molecule has 0 aromatic heterocycles. The average molecular weight is 520 g/mol. The molecule has 0 saturated carbocycles. The van der Waals surface area contributed by atoms with Crippen LogP contribution < -0.4 is 14.2 Å². The van der Waals surface area contributed by atoms with Crippen LogP contribution in [0.25, 0.3) is 5.76 Å². The zero-order valence-corrected chi connectivity index (χ0v) is 21.7. The Morgan fingerprint density at radius 2 is 1.61 bits per heavy atom. The number of halogens is 1. The fraction of sp³-hybridized carbons (Fsp3) is 0.267. The van der Waals surface area contributed by atoms with Crippen molar-refractivity contribution in [3.05, 3.63) is 94.8 Å². The summed E-state index contributed by atoms with van der Waals surface area (Å²) in [5.41, 5.74) is 1.49. The minimum atomic E-state index is -0.902. The molecule has 1 aliphatic rings. The summed E-state index contributed by atoms with van der Waals surface area (Å²) in [6, 6.07) is 17.1. The normalized spacial score (nSPS) is 16.7. The molecule has 1 unspecified atom stereocenters. The first kappa shape index (κ1) is 26.7. The third-order valence-corrected chi connectivity index (χ3v) is 6.30. The molecule has 3 aromatic rings. The number of benzene rings is 3. The number of hydrogen-bond donors (Lipinski definition) is 1. The number of amides is 1. The number of carbonyl (C=O) groups excluding carboxylic acids is 2. The molecule has 1 aliphatic heterocycles. The molecule has 8 heteroatoms. The summed E-state index contributed by atoms with van der Waals surface area (Å²) in [4.78, 5) is 28.2. The van der Waals surface area contributed by atoms with Crippen LogP contribution in [0, 0.1) is 5.82 Å². The van der Waals surface area contributed by atoms with E-state index in [2.05, 4.69) is 0 Å². The zero-order chi connectivity index (χ0) is 27.4. The molecule has 4 rings (SSSR count). The fourth-order valence-electron chi connectivity index (χ4n) is 4.61. The van der Waals surface area contributed by atoms with E-state index in [9.17, 15) is 19.1 Å². The molecule has 1 atom stereocenters. The van der Waals surface area contributed by atoms with Gasteiger partial charge in [-0.2, -0.15) is 0 Å². The summed E-state index contributed by atoms with van der Waals surface area (Å²) in [6.45, 7) is 3.96. The summed E-state index contributed by atoms with van der Waals surface area (Å²) >= 11 is 0. The Balaban J connectivity index is 1.86. The van der Waals surface area contributed by atoms with E-state index in [1.54, 1.807) is 54.6 Å². The monoisotopic (exact) mass is 519 g/mol. The van der Waals surface area contributed by atoms with Gasteiger partial charge in [-0.05, 0) is 67.8 Å². The van der Waals surface area contributed by atoms with Crippen molar-refractivity contribution in [2.45, 2.75) is 32.4 Å². The Bertz CT molecular complexity index is 1340. The first-order chi connectivity index (χ1) is 18.2. The Hall–Kier alpha value is -4.33. The second-order valence-electron chi connectivity index (χ2n) is 9.15. The van der Waals surface area contributed by atoms with Crippen LogP contribution in [0.5, 0.6) is 17.2 Å². The lowest BCUT2D eigenvalue weighted by atomic mass is 9.94. The Morgan fingerprint density at radius 1 is 0.974 bits per heavy atom. The number of aliphatic hydroxyl groups is 1. The van der Waals surface area contributed by atoms with Gasteiger partial charge in [-0.15, -0.1) is 0 Å². The molecule has 1 heterocycles. The molecule has 0 spiro atoms. The van der Waals surface area contributed by atoms with Gasteiger partial charge in [0.25, 0.3) is 11.7 Å². The topological polar surface area (TPSA) is 85.3 Å². The van der Waals surface area contributed by atoms with Crippen LogP contribution in [0.2, 0.25) is 0 Å². The van der Waals surface area contributed by atoms with E-state index in [4.69, 9.17) is 14.2 Å². The number of likely N-dealkylation sites (tertiary alicyclic amines) is 1. The highest BCUT2D eigenvalue weighted by atomic mass is 19.1. The molecule has 1 N–H and O–H groups in total. The number of aliphatic hydroxyl groups excluding tert-OH is 1. The van der Waals surface area contributed by atoms with E-state index >= 15 is 0 Å². The molecule has 3 aromatic carbocycles. The second kappa shape index (κ2) is 11.4. The maximum Gasteiger partial charge on any atom is 0.295 e. The second-order valence-corrected chi connectivity index (χ2v) is 9.15. The van der Waals surface area contributed by atoms with Crippen molar-refractivity contribution in [2.24, 2.45) is 0 Å². The highest BCUT2D eigenvalue weighted by molar-refractivity contribution is 6.46. The molecule has 0 aliphatic carbocycles. The number of rotatable bonds is 9. The highest BCUT2D eigenvalue weighted by Gasteiger charge is 2.46. The quantitative estimate of drug-likeness (QED) is 0.235. The van der Waals surface area contributed by atoms with Crippen molar-refractivity contribution in [1.82, 2.24) is 4.90 Å². The molecule has 38 heavy (non-hydrogen) atoms. The van der Waals surface area contributed by atoms with Gasteiger partial charge in [0, 0.05) is 6.54 Å². The Morgan fingerprint density at radius 3 is 2.21 bits per heavy atom. The van der Waals surface area contributed by atoms with Crippen molar-refractivity contribution >= 4 is 17.4 Å². The molecule has 1 fully saturated rings. The Labute approximate surface area is 221 Å². The minimum absolute atomic E-state index is 0.0846. The molecule has 0 radical (unpaired) electrons. The van der Waals surface area contributed by atoms with E-state index in [-0.39, 0.29) is 41.1 Å². The number of ketones is 1. The molecule has 198 valence electrons. The van der Waals surface area contributed by atoms with Crippen LogP contribution in [0.3, 0.4) is 0 Å². The SMILES string of the molecule is COc1cccc(OC)c1/C(O)=C1\C(=O)C(=O)N(CCc2ccc(F)cc2)C1c1cccc(OC(C)C)c1. The summed E-state index contributed by atoms with van der Waals surface area (Å²) in [5, 5.41) is 11.6. The molecule has 7 nitrogen and oxygen atoms in total. The summed E-state index contributed by atoms with van der Waals surface area (Å²) in [7, 11) is 2.88. The predicted molar refractivity (Wildman–Crippen MR) is 141 cm³/mol. The number of hydrogen-bond acceptors (Lipinski definition) is 6. The molecule has 1 amide bonds. The van der Waals surface area contributed by atoms with Gasteiger partial charge in [-0.25, -0.2) is 4.39 Å². The molecular weight excluding hydrogens is 489 g/mol. The van der Waals surface area contributed by atoms with Gasteiger partial charge >= 0.3 is 0 Å². The summed E-state index contributed by atoms with van der Waals surface area (Å²) in [5.74, 6) is -1.19. The van der Waals surface area contributed by atoms with Crippen molar-refractivity contribution in [3.8, 4) is 17.2 Å². The van der Waals surface area contributed by atoms with Crippen molar-refractivity contribution < 1.29 is 33.3 Å². The average Bonchev–Trinajstić information content (AvgIpc) is 3.16. The maximum absolute atomic E-state index is 13.5. The molecule has 0 bridgehead atoms. The highest BCUT2D eigenvalue weighted by Crippen LogP contribution is 2.44. The van der Waals surface area contributed by atoms with Crippen LogP contribution in [0.4, 0.5) is 4.39 Å². The first-order valence-corrected chi connectivity index (χ1v) is 12.3. The van der Waals surface area contributed by atoms with Crippen LogP contribution in [0.15, 0.2) is 72.3 Å². The van der Waals surface area contributed by atoms with E-state index in [0.717, 1.165) is 5.56 Å². The first-order valence-electron chi connectivity index (χ1n) is 12.3. The maximum atomic E-state index is 13.5. The zero-order valence-electron chi connectivity index (χ0n) is 21.7. The van der Waals surface area contributed by atoms with Crippen molar-refractivity contribution in [3.63, 3.8) is 0 Å². The van der Waals surface area contributed by atoms with Crippen LogP contribution in [-0.2, 0) is 16.0 Å². The standard InChI is InChI=1S/C30H30FNO6/c1-18(2)38-22-8-5-7-20(17-22)27-26(28(33)25-23(36-3)9-6-10-24(25)37-4)29(34)30(35)32(27)16-15-19-11-13-21(31)14-12-19/h5-14,17-18,27,33H,15-16H2,1-4H3/b28-26+. The van der Waals surface area contributed by atoms with Crippen LogP contribution in [0.1, 0.15) is 36.6 Å². The van der Waals surface area contributed by atoms with Crippen LogP contribution in [-0.4, -0.2) is 48.6 Å². The number of nitrogens with zero attached hydrogens (tertiary/aromatic N) is 1. The smallest absolute Gasteiger partial charge is 0.295 e. The minimum Gasteiger partial charge on any atom is -0.506 e. The lowest BCUT2D eigenvalue weighted by Gasteiger charge is -2.26. The van der Waals surface area contributed by atoms with Gasteiger partial charge in [-0.3, -0.25) is 9.59 Å². The van der Waals surface area contributed by atoms with Crippen LogP contribution >= 0.6 is 0 Å². The fourth-order valence-corrected chi connectivity index (χ4v) is 4.61. The van der Waals surface area contributed by atoms with E-state index in [1.165, 1.54) is 31.3 Å². The molecule has 1 saturated heterocycles. The third-order valence-electron chi connectivity index (χ3n) is 6.30. The summed E-state index contributed by atoms with van der Waals surface area (Å²) in [6.07, 6.45) is 0.289. The Kier molecular flexibility index (Phi) is 8.00. The predicted octanol–water partition coefficient (Wildman–Crippen LogP) is 5.29. The van der Waals surface area contributed by atoms with Gasteiger partial charge in [0.05, 0.1) is 31.9 Å². The summed E-state index contributed by atoms with van der Waals surface area (Å²) < 4.78 is 30.1. The van der Waals surface area contributed by atoms with E-state index < -0.39 is 23.5 Å². The molecular formula is C30H30FNO6. The largest absolute Gasteiger partial charge is 0.506 e. The van der Waals surface area contributed by atoms with Gasteiger partial charge in [-0.1, -0.05) is 30.3 Å². The van der Waals surface area contributed by atoms with Gasteiger partial charge in [0.2, 0.25) is 0 Å². The number of methoxy groups -OCH3 is 2. The van der Waals surface area contributed by atoms with Gasteiger partial charge in [0.1, 0.15) is 34.4 Å². The number of Topliss-reactive ketones (excluding diaryl/α,β-unsaturated/α-hetero) is 1. The van der Waals surface area contributed by atoms with Gasteiger partial charge in [0.15, 0.2) is 0 Å². The van der Waals surface area contributed by atoms with Crippen molar-refractivity contribution in [2.75, 3.05) is 20.8 Å². The van der Waals surface area contributed by atoms with Gasteiger partial charge < -0.3 is 24.2 Å². The van der Waals surface area contributed by atoms with E-state index in [1.807, 2.05) is 13.8 Å². The lowest BCUT2D eigenvalue weighted by molar-refractivity contribution is -0.139. The number of carbonyl (C=O) groups is 2.